The number of halogens is 1. The van der Waals surface area contributed by atoms with Crippen LogP contribution in [0.15, 0.2) is 33.6 Å². The Kier molecular flexibility index (Phi) is 17.5. The van der Waals surface area contributed by atoms with E-state index in [4.69, 9.17) is 0 Å². The minimum atomic E-state index is -3.70. The number of rotatable bonds is 2. The molecular formula is C14H26BrNO3S. The van der Waals surface area contributed by atoms with Crippen LogP contribution in [0.2, 0.25) is 0 Å². The first kappa shape index (κ1) is 24.2. The highest BCUT2D eigenvalue weighted by molar-refractivity contribution is 9.10. The first-order valence-electron chi connectivity index (χ1n) is 6.71. The van der Waals surface area contributed by atoms with Gasteiger partial charge in [0.05, 0.1) is 4.90 Å². The average Bonchev–Trinajstić information content (AvgIpc) is 2.44. The Bertz CT molecular complexity index is 442. The van der Waals surface area contributed by atoms with Gasteiger partial charge in [-0.2, -0.15) is 0 Å². The molecule has 1 amide bonds. The van der Waals surface area contributed by atoms with Crippen molar-refractivity contribution >= 4 is 31.9 Å². The Labute approximate surface area is 132 Å². The molecule has 0 aromatic heterocycles. The summed E-state index contributed by atoms with van der Waals surface area (Å²) in [7, 11) is -3.70. The van der Waals surface area contributed by atoms with E-state index in [0.717, 1.165) is 11.4 Å². The minimum absolute atomic E-state index is 0.0656. The van der Waals surface area contributed by atoms with Gasteiger partial charge in [-0.25, -0.2) is 13.1 Å². The summed E-state index contributed by atoms with van der Waals surface area (Å²) in [5.74, 6) is -0.604. The Balaban J connectivity index is -0.000000425. The maximum absolute atomic E-state index is 11.4. The molecular weight excluding hydrogens is 342 g/mol. The number of nitrogens with one attached hydrogen (secondary N) is 1. The molecule has 0 saturated heterocycles. The number of hydrogen-bond donors (Lipinski definition) is 1. The average molecular weight is 368 g/mol. The van der Waals surface area contributed by atoms with Gasteiger partial charge in [0.15, 0.2) is 0 Å². The molecule has 118 valence electrons. The van der Waals surface area contributed by atoms with Crippen molar-refractivity contribution in [3.63, 3.8) is 0 Å². The Morgan fingerprint density at radius 3 is 1.60 bits per heavy atom. The van der Waals surface area contributed by atoms with Crippen LogP contribution in [0.3, 0.4) is 0 Å². The summed E-state index contributed by atoms with van der Waals surface area (Å²) in [5, 5.41) is 0. The fraction of sp³-hybridized carbons (Fsp3) is 0.500. The standard InChI is InChI=1S/C8H8BrNO3S.3C2H6/c1-6(11)10-14(12,13)8-4-2-7(9)3-5-8;3*1-2/h2-5H,1H3,(H,10,11);3*1-2H3. The molecule has 4 nitrogen and oxygen atoms in total. The van der Waals surface area contributed by atoms with Crippen LogP contribution in [0.25, 0.3) is 0 Å². The third-order valence-electron chi connectivity index (χ3n) is 1.40. The van der Waals surface area contributed by atoms with Gasteiger partial charge in [-0.05, 0) is 24.3 Å². The predicted octanol–water partition coefficient (Wildman–Crippen LogP) is 4.35. The lowest BCUT2D eigenvalue weighted by molar-refractivity contribution is -0.117. The monoisotopic (exact) mass is 367 g/mol. The van der Waals surface area contributed by atoms with Crippen molar-refractivity contribution in [3.05, 3.63) is 28.7 Å². The number of hydrogen-bond acceptors (Lipinski definition) is 3. The van der Waals surface area contributed by atoms with Crippen molar-refractivity contribution < 1.29 is 13.2 Å². The zero-order chi connectivity index (χ0) is 16.8. The van der Waals surface area contributed by atoms with Gasteiger partial charge in [0.25, 0.3) is 10.0 Å². The van der Waals surface area contributed by atoms with Crippen LogP contribution in [-0.4, -0.2) is 14.3 Å². The summed E-state index contributed by atoms with van der Waals surface area (Å²) in [6.45, 7) is 13.1. The number of carbonyl (C=O) groups excluding carboxylic acids is 1. The largest absolute Gasteiger partial charge is 0.274 e. The summed E-state index contributed by atoms with van der Waals surface area (Å²) in [6, 6.07) is 6.01. The molecule has 0 saturated carbocycles. The summed E-state index contributed by atoms with van der Waals surface area (Å²) in [5.41, 5.74) is 0. The van der Waals surface area contributed by atoms with Gasteiger partial charge in [-0.3, -0.25) is 4.79 Å². The molecule has 6 heteroatoms. The van der Waals surface area contributed by atoms with Crippen molar-refractivity contribution in [1.29, 1.82) is 0 Å². The molecule has 0 radical (unpaired) electrons. The maximum Gasteiger partial charge on any atom is 0.264 e. The zero-order valence-corrected chi connectivity index (χ0v) is 15.7. The van der Waals surface area contributed by atoms with E-state index in [0.29, 0.717) is 0 Å². The molecule has 0 bridgehead atoms. The first-order chi connectivity index (χ1) is 9.42. The lowest BCUT2D eigenvalue weighted by Crippen LogP contribution is -2.28. The van der Waals surface area contributed by atoms with Gasteiger partial charge >= 0.3 is 0 Å². The molecule has 0 unspecified atom stereocenters. The molecule has 0 aliphatic carbocycles. The quantitative estimate of drug-likeness (QED) is 0.844. The topological polar surface area (TPSA) is 63.2 Å². The van der Waals surface area contributed by atoms with E-state index in [9.17, 15) is 13.2 Å². The van der Waals surface area contributed by atoms with E-state index in [1.54, 1.807) is 12.1 Å². The van der Waals surface area contributed by atoms with E-state index in [1.807, 2.05) is 46.3 Å². The fourth-order valence-corrected chi connectivity index (χ4v) is 2.12. The van der Waals surface area contributed by atoms with Crippen LogP contribution in [0.5, 0.6) is 0 Å². The van der Waals surface area contributed by atoms with Crippen LogP contribution >= 0.6 is 15.9 Å². The molecule has 0 aliphatic rings. The minimum Gasteiger partial charge on any atom is -0.274 e. The molecule has 1 rings (SSSR count). The third kappa shape index (κ3) is 11.0. The van der Waals surface area contributed by atoms with Gasteiger partial charge < -0.3 is 0 Å². The molecule has 1 aromatic carbocycles. The molecule has 1 N–H and O–H groups in total. The molecule has 0 spiro atoms. The molecule has 0 heterocycles. The van der Waals surface area contributed by atoms with Crippen molar-refractivity contribution in [2.75, 3.05) is 0 Å². The second-order valence-electron chi connectivity index (χ2n) is 2.62. The lowest BCUT2D eigenvalue weighted by Gasteiger charge is -2.03. The molecule has 0 atom stereocenters. The summed E-state index contributed by atoms with van der Waals surface area (Å²) in [4.78, 5) is 10.7. The van der Waals surface area contributed by atoms with E-state index < -0.39 is 15.9 Å². The predicted molar refractivity (Wildman–Crippen MR) is 89.2 cm³/mol. The normalized spacial score (nSPS) is 8.60. The fourth-order valence-electron chi connectivity index (χ4n) is 0.862. The second kappa shape index (κ2) is 14.5. The number of carbonyl (C=O) groups is 1. The maximum atomic E-state index is 11.4. The lowest BCUT2D eigenvalue weighted by atomic mass is 10.4. The molecule has 1 aromatic rings. The highest BCUT2D eigenvalue weighted by Crippen LogP contribution is 2.14. The van der Waals surface area contributed by atoms with Gasteiger partial charge in [0.1, 0.15) is 0 Å². The van der Waals surface area contributed by atoms with E-state index in [2.05, 4.69) is 15.9 Å². The van der Waals surface area contributed by atoms with Crippen molar-refractivity contribution in [2.24, 2.45) is 0 Å². The van der Waals surface area contributed by atoms with Crippen LogP contribution in [-0.2, 0) is 14.8 Å². The second-order valence-corrected chi connectivity index (χ2v) is 5.21. The number of benzene rings is 1. The Morgan fingerprint density at radius 2 is 1.30 bits per heavy atom. The Morgan fingerprint density at radius 1 is 0.950 bits per heavy atom. The van der Waals surface area contributed by atoms with Crippen molar-refractivity contribution in [2.45, 2.75) is 53.4 Å². The van der Waals surface area contributed by atoms with Crippen molar-refractivity contribution in [3.8, 4) is 0 Å². The molecule has 0 fully saturated rings. The Hall–Kier alpha value is -0.880. The van der Waals surface area contributed by atoms with Crippen LogP contribution in [0.1, 0.15) is 48.5 Å². The van der Waals surface area contributed by atoms with Crippen LogP contribution in [0, 0.1) is 0 Å². The van der Waals surface area contributed by atoms with Gasteiger partial charge in [-0.1, -0.05) is 57.5 Å². The highest BCUT2D eigenvalue weighted by Gasteiger charge is 2.14. The van der Waals surface area contributed by atoms with Gasteiger partial charge in [-0.15, -0.1) is 0 Å². The van der Waals surface area contributed by atoms with Crippen LogP contribution < -0.4 is 4.72 Å². The van der Waals surface area contributed by atoms with Crippen LogP contribution in [0.4, 0.5) is 0 Å². The van der Waals surface area contributed by atoms with Gasteiger partial charge in [0, 0.05) is 11.4 Å². The van der Waals surface area contributed by atoms with E-state index >= 15 is 0 Å². The number of amides is 1. The molecule has 0 aliphatic heterocycles. The van der Waals surface area contributed by atoms with Crippen molar-refractivity contribution in [1.82, 2.24) is 4.72 Å². The first-order valence-corrected chi connectivity index (χ1v) is 8.98. The van der Waals surface area contributed by atoms with E-state index in [-0.39, 0.29) is 4.90 Å². The zero-order valence-electron chi connectivity index (χ0n) is 13.3. The van der Waals surface area contributed by atoms with E-state index in [1.165, 1.54) is 12.1 Å². The summed E-state index contributed by atoms with van der Waals surface area (Å²) < 4.78 is 25.5. The highest BCUT2D eigenvalue weighted by atomic mass is 79.9. The summed E-state index contributed by atoms with van der Waals surface area (Å²) >= 11 is 3.18. The molecule has 20 heavy (non-hydrogen) atoms. The SMILES string of the molecule is CC.CC.CC.CC(=O)NS(=O)(=O)c1ccc(Br)cc1. The summed E-state index contributed by atoms with van der Waals surface area (Å²) in [6.07, 6.45) is 0. The third-order valence-corrected chi connectivity index (χ3v) is 3.38. The smallest absolute Gasteiger partial charge is 0.264 e. The number of sulfonamides is 1. The van der Waals surface area contributed by atoms with Gasteiger partial charge in [0.2, 0.25) is 5.91 Å².